The maximum absolute atomic E-state index is 8.82. The van der Waals surface area contributed by atoms with Crippen molar-refractivity contribution >= 4 is 17.3 Å². The third kappa shape index (κ3) is 3.17. The Morgan fingerprint density at radius 3 is 2.83 bits per heavy atom. The lowest BCUT2D eigenvalue weighted by Gasteiger charge is -2.29. The molecule has 0 radical (unpaired) electrons. The quantitative estimate of drug-likeness (QED) is 0.874. The van der Waals surface area contributed by atoms with Gasteiger partial charge in [-0.15, -0.1) is 0 Å². The lowest BCUT2D eigenvalue weighted by atomic mass is 9.80. The van der Waals surface area contributed by atoms with Gasteiger partial charge in [-0.2, -0.15) is 5.26 Å². The van der Waals surface area contributed by atoms with Crippen molar-refractivity contribution in [1.82, 2.24) is 0 Å². The molecule has 2 atom stereocenters. The van der Waals surface area contributed by atoms with Crippen molar-refractivity contribution < 1.29 is 0 Å². The van der Waals surface area contributed by atoms with E-state index in [9.17, 15) is 0 Å². The zero-order valence-corrected chi connectivity index (χ0v) is 11.5. The van der Waals surface area contributed by atoms with Crippen LogP contribution in [0, 0.1) is 23.2 Å². The molecule has 0 aromatic heterocycles. The fourth-order valence-corrected chi connectivity index (χ4v) is 2.88. The van der Waals surface area contributed by atoms with Gasteiger partial charge in [-0.1, -0.05) is 37.8 Å². The van der Waals surface area contributed by atoms with Crippen molar-refractivity contribution in [3.05, 3.63) is 28.8 Å². The molecule has 1 N–H and O–H groups in total. The van der Waals surface area contributed by atoms with E-state index in [0.717, 1.165) is 24.1 Å². The van der Waals surface area contributed by atoms with Gasteiger partial charge in [-0.05, 0) is 36.5 Å². The first-order valence-corrected chi connectivity index (χ1v) is 7.02. The number of anilines is 1. The van der Waals surface area contributed by atoms with Crippen LogP contribution >= 0.6 is 11.6 Å². The molecule has 18 heavy (non-hydrogen) atoms. The molecule has 2 rings (SSSR count). The van der Waals surface area contributed by atoms with Crippen molar-refractivity contribution in [3.63, 3.8) is 0 Å². The summed E-state index contributed by atoms with van der Waals surface area (Å²) in [6, 6.07) is 7.62. The molecule has 0 bridgehead atoms. The number of rotatable bonds is 3. The van der Waals surface area contributed by atoms with Crippen molar-refractivity contribution in [1.29, 1.82) is 5.26 Å². The summed E-state index contributed by atoms with van der Waals surface area (Å²) in [4.78, 5) is 0. The first-order chi connectivity index (χ1) is 8.70. The van der Waals surface area contributed by atoms with Gasteiger partial charge in [0.25, 0.3) is 0 Å². The molecule has 0 saturated heterocycles. The molecular formula is C15H19ClN2. The van der Waals surface area contributed by atoms with Crippen molar-refractivity contribution in [2.75, 3.05) is 11.9 Å². The van der Waals surface area contributed by atoms with Gasteiger partial charge in [0.05, 0.1) is 10.6 Å². The van der Waals surface area contributed by atoms with Crippen molar-refractivity contribution in [2.45, 2.75) is 32.6 Å². The van der Waals surface area contributed by atoms with Gasteiger partial charge in [0, 0.05) is 12.2 Å². The molecular weight excluding hydrogens is 244 g/mol. The summed E-state index contributed by atoms with van der Waals surface area (Å²) in [5.74, 6) is 1.56. The number of benzene rings is 1. The van der Waals surface area contributed by atoms with Gasteiger partial charge in [-0.3, -0.25) is 0 Å². The van der Waals surface area contributed by atoms with E-state index in [4.69, 9.17) is 16.9 Å². The number of nitrogens with zero attached hydrogens (tertiary/aromatic N) is 1. The predicted octanol–water partition coefficient (Wildman–Crippen LogP) is 4.45. The van der Waals surface area contributed by atoms with Crippen LogP contribution in [0.3, 0.4) is 0 Å². The molecule has 2 nitrogen and oxygen atoms in total. The molecule has 1 aromatic carbocycles. The summed E-state index contributed by atoms with van der Waals surface area (Å²) in [5.41, 5.74) is 1.55. The van der Waals surface area contributed by atoms with Crippen LogP contribution in [0.25, 0.3) is 0 Å². The lowest BCUT2D eigenvalue weighted by Crippen LogP contribution is -2.24. The van der Waals surface area contributed by atoms with Gasteiger partial charge in [0.1, 0.15) is 6.07 Å². The maximum atomic E-state index is 8.82. The van der Waals surface area contributed by atoms with Crippen LogP contribution in [0.1, 0.15) is 38.2 Å². The highest BCUT2D eigenvalue weighted by atomic mass is 35.5. The second-order valence-electron chi connectivity index (χ2n) is 5.21. The highest BCUT2D eigenvalue weighted by Crippen LogP contribution is 2.30. The minimum Gasteiger partial charge on any atom is -0.385 e. The topological polar surface area (TPSA) is 35.8 Å². The summed E-state index contributed by atoms with van der Waals surface area (Å²) >= 11 is 6.02. The first kappa shape index (κ1) is 13.2. The van der Waals surface area contributed by atoms with E-state index < -0.39 is 0 Å². The smallest absolute Gasteiger partial charge is 0.101 e. The molecule has 0 heterocycles. The second-order valence-corrected chi connectivity index (χ2v) is 5.62. The van der Waals surface area contributed by atoms with E-state index in [-0.39, 0.29) is 0 Å². The van der Waals surface area contributed by atoms with Gasteiger partial charge >= 0.3 is 0 Å². The van der Waals surface area contributed by atoms with Crippen LogP contribution in [0.4, 0.5) is 5.69 Å². The Bertz CT molecular complexity index is 450. The summed E-state index contributed by atoms with van der Waals surface area (Å²) < 4.78 is 0. The molecule has 3 heteroatoms. The number of hydrogen-bond donors (Lipinski definition) is 1. The van der Waals surface area contributed by atoms with E-state index in [1.807, 2.05) is 12.1 Å². The highest BCUT2D eigenvalue weighted by Gasteiger charge is 2.20. The Balaban J connectivity index is 1.94. The number of nitriles is 1. The van der Waals surface area contributed by atoms with Crippen LogP contribution in [0.15, 0.2) is 18.2 Å². The molecule has 1 aliphatic rings. The standard InChI is InChI=1S/C15H19ClN2/c1-11-4-2-3-5-13(11)10-18-14-7-6-12(9-17)15(16)8-14/h6-8,11,13,18H,2-5,10H2,1H3. The largest absolute Gasteiger partial charge is 0.385 e. The summed E-state index contributed by atoms with van der Waals surface area (Å²) in [6.45, 7) is 3.35. The molecule has 0 spiro atoms. The lowest BCUT2D eigenvalue weighted by molar-refractivity contribution is 0.268. The average Bonchev–Trinajstić information content (AvgIpc) is 2.38. The van der Waals surface area contributed by atoms with Crippen LogP contribution in [0.5, 0.6) is 0 Å². The molecule has 96 valence electrons. The maximum Gasteiger partial charge on any atom is 0.101 e. The van der Waals surface area contributed by atoms with E-state index in [1.54, 1.807) is 6.07 Å². The van der Waals surface area contributed by atoms with Gasteiger partial charge < -0.3 is 5.32 Å². The van der Waals surface area contributed by atoms with Crippen LogP contribution in [-0.4, -0.2) is 6.54 Å². The molecule has 2 unspecified atom stereocenters. The monoisotopic (exact) mass is 262 g/mol. The fraction of sp³-hybridized carbons (Fsp3) is 0.533. The number of nitrogens with one attached hydrogen (secondary N) is 1. The highest BCUT2D eigenvalue weighted by molar-refractivity contribution is 6.32. The minimum atomic E-state index is 0.527. The van der Waals surface area contributed by atoms with Crippen LogP contribution < -0.4 is 5.32 Å². The van der Waals surface area contributed by atoms with Gasteiger partial charge in [0.15, 0.2) is 0 Å². The SMILES string of the molecule is CC1CCCCC1CNc1ccc(C#N)c(Cl)c1. The zero-order valence-electron chi connectivity index (χ0n) is 10.7. The van der Waals surface area contributed by atoms with E-state index in [1.165, 1.54) is 25.7 Å². The molecule has 1 aliphatic carbocycles. The van der Waals surface area contributed by atoms with Crippen molar-refractivity contribution in [3.8, 4) is 6.07 Å². The molecule has 1 saturated carbocycles. The van der Waals surface area contributed by atoms with Crippen LogP contribution in [-0.2, 0) is 0 Å². The Hall–Kier alpha value is -1.20. The third-order valence-corrected chi connectivity index (χ3v) is 4.26. The average molecular weight is 263 g/mol. The van der Waals surface area contributed by atoms with E-state index >= 15 is 0 Å². The molecule has 0 amide bonds. The molecule has 0 aliphatic heterocycles. The summed E-state index contributed by atoms with van der Waals surface area (Å²) in [6.07, 6.45) is 5.39. The number of hydrogen-bond acceptors (Lipinski definition) is 2. The zero-order chi connectivity index (χ0) is 13.0. The van der Waals surface area contributed by atoms with Crippen LogP contribution in [0.2, 0.25) is 5.02 Å². The van der Waals surface area contributed by atoms with Gasteiger partial charge in [0.2, 0.25) is 0 Å². The summed E-state index contributed by atoms with van der Waals surface area (Å²) in [7, 11) is 0. The number of halogens is 1. The molecule has 1 aromatic rings. The van der Waals surface area contributed by atoms with Gasteiger partial charge in [-0.25, -0.2) is 0 Å². The fourth-order valence-electron chi connectivity index (χ4n) is 2.66. The summed E-state index contributed by atoms with van der Waals surface area (Å²) in [5, 5.41) is 12.8. The second kappa shape index (κ2) is 6.11. The predicted molar refractivity (Wildman–Crippen MR) is 75.8 cm³/mol. The normalized spacial score (nSPS) is 23.4. The molecule has 1 fully saturated rings. The Morgan fingerprint density at radius 2 is 2.17 bits per heavy atom. The van der Waals surface area contributed by atoms with E-state index in [0.29, 0.717) is 10.6 Å². The minimum absolute atomic E-state index is 0.527. The Labute approximate surface area is 114 Å². The van der Waals surface area contributed by atoms with Crippen molar-refractivity contribution in [2.24, 2.45) is 11.8 Å². The Kier molecular flexibility index (Phi) is 4.49. The van der Waals surface area contributed by atoms with E-state index in [2.05, 4.69) is 18.3 Å². The Morgan fingerprint density at radius 1 is 1.39 bits per heavy atom. The first-order valence-electron chi connectivity index (χ1n) is 6.64. The third-order valence-electron chi connectivity index (χ3n) is 3.95.